The maximum absolute atomic E-state index is 14.2. The minimum Gasteiger partial charge on any atom is -0.384 e. The molecule has 2 aromatic carbocycles. The molecule has 0 saturated carbocycles. The zero-order valence-corrected chi connectivity index (χ0v) is 13.4. The summed E-state index contributed by atoms with van der Waals surface area (Å²) in [5.74, 6) is 0.0425. The fourth-order valence-corrected chi connectivity index (χ4v) is 3.13. The first-order valence-corrected chi connectivity index (χ1v) is 7.98. The summed E-state index contributed by atoms with van der Waals surface area (Å²) in [6.45, 7) is 0. The van der Waals surface area contributed by atoms with Crippen molar-refractivity contribution in [1.29, 1.82) is 0 Å². The summed E-state index contributed by atoms with van der Waals surface area (Å²) in [5.41, 5.74) is 9.72. The van der Waals surface area contributed by atoms with Crippen LogP contribution < -0.4 is 5.73 Å². The first-order chi connectivity index (χ1) is 12.2. The van der Waals surface area contributed by atoms with Crippen molar-refractivity contribution in [2.24, 2.45) is 0 Å². The van der Waals surface area contributed by atoms with Gasteiger partial charge < -0.3 is 5.73 Å². The SMILES string of the molecule is Nc1cc(C(Cc2ccccc2F)c2ccccc2)c2nn[nH]c2n1. The van der Waals surface area contributed by atoms with Crippen LogP contribution in [0.25, 0.3) is 11.2 Å². The molecule has 25 heavy (non-hydrogen) atoms. The maximum atomic E-state index is 14.2. The number of nitrogen functional groups attached to an aromatic ring is 1. The van der Waals surface area contributed by atoms with Crippen LogP contribution in [-0.2, 0) is 6.42 Å². The van der Waals surface area contributed by atoms with E-state index < -0.39 is 0 Å². The number of nitrogens with two attached hydrogens (primary N) is 1. The number of nitrogens with one attached hydrogen (secondary N) is 1. The van der Waals surface area contributed by atoms with Gasteiger partial charge in [-0.15, -0.1) is 5.10 Å². The molecular weight excluding hydrogens is 317 g/mol. The zero-order valence-electron chi connectivity index (χ0n) is 13.4. The average Bonchev–Trinajstić information content (AvgIpc) is 3.09. The van der Waals surface area contributed by atoms with Gasteiger partial charge in [-0.1, -0.05) is 53.7 Å². The van der Waals surface area contributed by atoms with Crippen LogP contribution in [0.2, 0.25) is 0 Å². The molecule has 124 valence electrons. The molecule has 4 rings (SSSR count). The highest BCUT2D eigenvalue weighted by Crippen LogP contribution is 2.33. The molecule has 6 heteroatoms. The fraction of sp³-hybridized carbons (Fsp3) is 0.105. The molecule has 1 atom stereocenters. The van der Waals surface area contributed by atoms with E-state index in [1.165, 1.54) is 6.07 Å². The van der Waals surface area contributed by atoms with Crippen LogP contribution in [0.3, 0.4) is 0 Å². The van der Waals surface area contributed by atoms with Gasteiger partial charge in [-0.05, 0) is 35.2 Å². The van der Waals surface area contributed by atoms with Crippen LogP contribution in [0, 0.1) is 5.82 Å². The predicted octanol–water partition coefficient (Wildman–Crippen LogP) is 3.45. The zero-order chi connectivity index (χ0) is 17.2. The van der Waals surface area contributed by atoms with Gasteiger partial charge in [0.25, 0.3) is 0 Å². The molecule has 0 bridgehead atoms. The summed E-state index contributed by atoms with van der Waals surface area (Å²) in [6, 6.07) is 18.5. The Morgan fingerprint density at radius 1 is 1.04 bits per heavy atom. The Bertz CT molecular complexity index is 1010. The molecule has 0 radical (unpaired) electrons. The van der Waals surface area contributed by atoms with E-state index in [1.807, 2.05) is 36.4 Å². The van der Waals surface area contributed by atoms with E-state index in [2.05, 4.69) is 20.4 Å². The number of halogens is 1. The Labute approximate surface area is 143 Å². The van der Waals surface area contributed by atoms with E-state index in [-0.39, 0.29) is 11.7 Å². The van der Waals surface area contributed by atoms with Crippen molar-refractivity contribution in [2.45, 2.75) is 12.3 Å². The highest BCUT2D eigenvalue weighted by atomic mass is 19.1. The van der Waals surface area contributed by atoms with Crippen molar-refractivity contribution < 1.29 is 4.39 Å². The summed E-state index contributed by atoms with van der Waals surface area (Å²) in [7, 11) is 0. The molecular formula is C19H16FN5. The second-order valence-corrected chi connectivity index (χ2v) is 5.90. The van der Waals surface area contributed by atoms with E-state index in [4.69, 9.17) is 5.73 Å². The Morgan fingerprint density at radius 3 is 2.60 bits per heavy atom. The number of hydrogen-bond acceptors (Lipinski definition) is 4. The van der Waals surface area contributed by atoms with Crippen LogP contribution in [0.15, 0.2) is 60.7 Å². The molecule has 0 aliphatic rings. The lowest BCUT2D eigenvalue weighted by atomic mass is 9.85. The van der Waals surface area contributed by atoms with Gasteiger partial charge in [0.2, 0.25) is 0 Å². The summed E-state index contributed by atoms with van der Waals surface area (Å²) >= 11 is 0. The maximum Gasteiger partial charge on any atom is 0.178 e. The average molecular weight is 333 g/mol. The van der Waals surface area contributed by atoms with Gasteiger partial charge >= 0.3 is 0 Å². The highest BCUT2D eigenvalue weighted by Gasteiger charge is 2.21. The Hall–Kier alpha value is -3.28. The fourth-order valence-electron chi connectivity index (χ4n) is 3.13. The van der Waals surface area contributed by atoms with E-state index in [0.29, 0.717) is 29.0 Å². The number of fused-ring (bicyclic) bond motifs is 1. The quantitative estimate of drug-likeness (QED) is 0.599. The third-order valence-electron chi connectivity index (χ3n) is 4.31. The van der Waals surface area contributed by atoms with E-state index in [1.54, 1.807) is 18.2 Å². The lowest BCUT2D eigenvalue weighted by molar-refractivity contribution is 0.602. The third-order valence-corrected chi connectivity index (χ3v) is 4.31. The number of anilines is 1. The molecule has 0 amide bonds. The van der Waals surface area contributed by atoms with Crippen molar-refractivity contribution >= 4 is 17.0 Å². The number of aromatic nitrogens is 4. The Balaban J connectivity index is 1.88. The summed E-state index contributed by atoms with van der Waals surface area (Å²) < 4.78 is 14.2. The van der Waals surface area contributed by atoms with Crippen LogP contribution in [0.1, 0.15) is 22.6 Å². The molecule has 5 nitrogen and oxygen atoms in total. The first-order valence-electron chi connectivity index (χ1n) is 7.98. The molecule has 0 saturated heterocycles. The summed E-state index contributed by atoms with van der Waals surface area (Å²) in [5, 5.41) is 10.7. The molecule has 0 aliphatic heterocycles. The largest absolute Gasteiger partial charge is 0.384 e. The van der Waals surface area contributed by atoms with Gasteiger partial charge in [-0.3, -0.25) is 0 Å². The minimum atomic E-state index is -0.221. The third kappa shape index (κ3) is 2.94. The highest BCUT2D eigenvalue weighted by molar-refractivity contribution is 5.77. The standard InChI is InChI=1S/C19H16FN5/c20-16-9-5-4-8-13(16)10-14(12-6-2-1-3-7-12)15-11-17(21)22-19-18(15)23-25-24-19/h1-9,11,14H,10H2,(H3,21,22,23,24,25). The van der Waals surface area contributed by atoms with Gasteiger partial charge in [0.1, 0.15) is 17.2 Å². The van der Waals surface area contributed by atoms with Crippen LogP contribution >= 0.6 is 0 Å². The molecule has 0 fully saturated rings. The second-order valence-electron chi connectivity index (χ2n) is 5.90. The van der Waals surface area contributed by atoms with E-state index >= 15 is 0 Å². The molecule has 2 heterocycles. The molecule has 3 N–H and O–H groups in total. The molecule has 2 aromatic heterocycles. The minimum absolute atomic E-state index is 0.115. The number of pyridine rings is 1. The van der Waals surface area contributed by atoms with Crippen molar-refractivity contribution in [1.82, 2.24) is 20.4 Å². The van der Waals surface area contributed by atoms with Crippen LogP contribution in [0.5, 0.6) is 0 Å². The van der Waals surface area contributed by atoms with E-state index in [0.717, 1.165) is 11.1 Å². The molecule has 4 aromatic rings. The molecule has 0 aliphatic carbocycles. The Kier molecular flexibility index (Phi) is 3.85. The van der Waals surface area contributed by atoms with Gasteiger partial charge in [-0.2, -0.15) is 0 Å². The number of aromatic amines is 1. The molecule has 1 unspecified atom stereocenters. The smallest absolute Gasteiger partial charge is 0.178 e. The normalized spacial score (nSPS) is 12.4. The number of rotatable bonds is 4. The topological polar surface area (TPSA) is 80.5 Å². The van der Waals surface area contributed by atoms with Crippen LogP contribution in [-0.4, -0.2) is 20.4 Å². The Morgan fingerprint density at radius 2 is 1.80 bits per heavy atom. The van der Waals surface area contributed by atoms with Crippen molar-refractivity contribution in [2.75, 3.05) is 5.73 Å². The lowest BCUT2D eigenvalue weighted by Crippen LogP contribution is -2.08. The lowest BCUT2D eigenvalue weighted by Gasteiger charge is -2.19. The number of nitrogens with zero attached hydrogens (tertiary/aromatic N) is 3. The van der Waals surface area contributed by atoms with Crippen molar-refractivity contribution in [3.8, 4) is 0 Å². The van der Waals surface area contributed by atoms with Gasteiger partial charge in [0.05, 0.1) is 0 Å². The van der Waals surface area contributed by atoms with Crippen LogP contribution in [0.4, 0.5) is 10.2 Å². The predicted molar refractivity (Wildman–Crippen MR) is 94.5 cm³/mol. The number of hydrogen-bond donors (Lipinski definition) is 2. The molecule has 0 spiro atoms. The van der Waals surface area contributed by atoms with Gasteiger partial charge in [-0.25, -0.2) is 14.5 Å². The first kappa shape index (κ1) is 15.3. The van der Waals surface area contributed by atoms with Gasteiger partial charge in [0, 0.05) is 5.92 Å². The summed E-state index contributed by atoms with van der Waals surface area (Å²) in [6.07, 6.45) is 0.488. The van der Waals surface area contributed by atoms with Crippen molar-refractivity contribution in [3.63, 3.8) is 0 Å². The summed E-state index contributed by atoms with van der Waals surface area (Å²) in [4.78, 5) is 4.22. The van der Waals surface area contributed by atoms with E-state index in [9.17, 15) is 4.39 Å². The van der Waals surface area contributed by atoms with Gasteiger partial charge in [0.15, 0.2) is 5.65 Å². The second kappa shape index (κ2) is 6.32. The monoisotopic (exact) mass is 333 g/mol. The number of H-pyrrole nitrogens is 1. The van der Waals surface area contributed by atoms with Crippen molar-refractivity contribution in [3.05, 3.63) is 83.2 Å². The number of benzene rings is 2.